The smallest absolute Gasteiger partial charge is 0.332 e. The number of hydrogen-bond acceptors (Lipinski definition) is 6. The fraction of sp³-hybridized carbons (Fsp3) is 0.393. The highest BCUT2D eigenvalue weighted by atomic mass is 19.1. The molecule has 1 aromatic heterocycles. The first-order valence-corrected chi connectivity index (χ1v) is 12.6. The van der Waals surface area contributed by atoms with E-state index in [9.17, 15) is 14.0 Å². The zero-order valence-corrected chi connectivity index (χ0v) is 21.3. The maximum Gasteiger partial charge on any atom is 0.332 e. The minimum absolute atomic E-state index is 0.00245. The first-order chi connectivity index (χ1) is 17.8. The van der Waals surface area contributed by atoms with Gasteiger partial charge >= 0.3 is 6.03 Å². The standard InChI is InChI=1S/C28H31FN4O4/c1-19(2)37-25-9-4-6-21(14-25)17-31-12-11-28(16-20(31)3)26(34)32(18-23-10-13-36-30-23)27(35)33(28)24-8-5-7-22(29)15-24/h4-10,13-15,19-20H,11-12,16-18H2,1-3H3/t20-,28+/m0/s1. The lowest BCUT2D eigenvalue weighted by Gasteiger charge is -2.45. The molecule has 3 amide bonds. The summed E-state index contributed by atoms with van der Waals surface area (Å²) in [5.74, 6) is 0.0754. The van der Waals surface area contributed by atoms with Crippen LogP contribution in [0.2, 0.25) is 0 Å². The monoisotopic (exact) mass is 506 g/mol. The molecule has 5 rings (SSSR count). The van der Waals surface area contributed by atoms with Gasteiger partial charge in [0.25, 0.3) is 5.91 Å². The van der Waals surface area contributed by atoms with Crippen LogP contribution in [0.1, 0.15) is 44.9 Å². The van der Waals surface area contributed by atoms with E-state index in [4.69, 9.17) is 9.26 Å². The molecule has 0 aliphatic carbocycles. The van der Waals surface area contributed by atoms with E-state index in [0.29, 0.717) is 37.3 Å². The number of benzene rings is 2. The number of aromatic nitrogens is 1. The van der Waals surface area contributed by atoms with Crippen molar-refractivity contribution in [2.24, 2.45) is 0 Å². The maximum absolute atomic E-state index is 14.2. The van der Waals surface area contributed by atoms with E-state index in [2.05, 4.69) is 23.0 Å². The maximum atomic E-state index is 14.2. The Morgan fingerprint density at radius 2 is 1.95 bits per heavy atom. The topological polar surface area (TPSA) is 79.1 Å². The third-order valence-electron chi connectivity index (χ3n) is 7.10. The molecule has 2 fully saturated rings. The second-order valence-electron chi connectivity index (χ2n) is 10.1. The zero-order chi connectivity index (χ0) is 26.2. The van der Waals surface area contributed by atoms with Gasteiger partial charge in [-0.3, -0.25) is 19.5 Å². The van der Waals surface area contributed by atoms with Crippen molar-refractivity contribution >= 4 is 17.6 Å². The number of carbonyl (C=O) groups excluding carboxylic acids is 2. The number of ether oxygens (including phenoxy) is 1. The molecule has 0 saturated carbocycles. The molecule has 0 bridgehead atoms. The molecule has 2 saturated heterocycles. The number of anilines is 1. The number of nitrogens with zero attached hydrogens (tertiary/aromatic N) is 4. The van der Waals surface area contributed by atoms with Crippen LogP contribution in [0.15, 0.2) is 65.4 Å². The average molecular weight is 507 g/mol. The van der Waals surface area contributed by atoms with Crippen LogP contribution < -0.4 is 9.64 Å². The highest BCUT2D eigenvalue weighted by Crippen LogP contribution is 2.43. The zero-order valence-electron chi connectivity index (χ0n) is 21.3. The molecular formula is C28H31FN4O4. The second kappa shape index (κ2) is 9.97. The minimum atomic E-state index is -1.10. The van der Waals surface area contributed by atoms with Gasteiger partial charge in [-0.2, -0.15) is 0 Å². The Labute approximate surface area is 215 Å². The fourth-order valence-corrected chi connectivity index (χ4v) is 5.46. The van der Waals surface area contributed by atoms with Crippen molar-refractivity contribution in [3.63, 3.8) is 0 Å². The molecule has 37 heavy (non-hydrogen) atoms. The van der Waals surface area contributed by atoms with Crippen molar-refractivity contribution in [3.8, 4) is 5.75 Å². The number of amides is 3. The molecule has 9 heteroatoms. The number of hydrogen-bond donors (Lipinski definition) is 0. The number of carbonyl (C=O) groups is 2. The van der Waals surface area contributed by atoms with Crippen LogP contribution in [0.3, 0.4) is 0 Å². The number of urea groups is 1. The Balaban J connectivity index is 1.42. The molecule has 8 nitrogen and oxygen atoms in total. The van der Waals surface area contributed by atoms with Gasteiger partial charge in [0.05, 0.1) is 12.6 Å². The molecule has 0 N–H and O–H groups in total. The van der Waals surface area contributed by atoms with E-state index in [0.717, 1.165) is 11.3 Å². The summed E-state index contributed by atoms with van der Waals surface area (Å²) in [7, 11) is 0. The van der Waals surface area contributed by atoms with Crippen molar-refractivity contribution in [2.45, 2.75) is 64.4 Å². The lowest BCUT2D eigenvalue weighted by Crippen LogP contribution is -2.59. The van der Waals surface area contributed by atoms with E-state index in [1.54, 1.807) is 18.2 Å². The van der Waals surface area contributed by atoms with Crippen LogP contribution in [0.25, 0.3) is 0 Å². The quantitative estimate of drug-likeness (QED) is 0.420. The molecule has 2 aliphatic heterocycles. The SMILES string of the molecule is CC(C)Oc1cccc(CN2CC[C@@]3(C[C@@H]2C)C(=O)N(Cc2ccon2)C(=O)N3c2cccc(F)c2)c1. The predicted octanol–water partition coefficient (Wildman–Crippen LogP) is 4.99. The summed E-state index contributed by atoms with van der Waals surface area (Å²) in [5.41, 5.74) is 0.865. The first kappa shape index (κ1) is 25.0. The Morgan fingerprint density at radius 3 is 2.65 bits per heavy atom. The Hall–Kier alpha value is -3.72. The van der Waals surface area contributed by atoms with Crippen molar-refractivity contribution < 1.29 is 23.2 Å². The van der Waals surface area contributed by atoms with Crippen LogP contribution in [0.5, 0.6) is 5.75 Å². The van der Waals surface area contributed by atoms with Gasteiger partial charge in [-0.1, -0.05) is 23.4 Å². The summed E-state index contributed by atoms with van der Waals surface area (Å²) in [6, 6.07) is 15.0. The fourth-order valence-electron chi connectivity index (χ4n) is 5.46. The van der Waals surface area contributed by atoms with Crippen LogP contribution >= 0.6 is 0 Å². The molecule has 0 unspecified atom stereocenters. The van der Waals surface area contributed by atoms with Crippen molar-refractivity contribution in [2.75, 3.05) is 11.4 Å². The summed E-state index contributed by atoms with van der Waals surface area (Å²) >= 11 is 0. The Kier molecular flexibility index (Phi) is 6.72. The van der Waals surface area contributed by atoms with Crippen LogP contribution in [-0.2, 0) is 17.9 Å². The predicted molar refractivity (Wildman–Crippen MR) is 135 cm³/mol. The lowest BCUT2D eigenvalue weighted by atomic mass is 9.81. The van der Waals surface area contributed by atoms with Crippen LogP contribution in [0.4, 0.5) is 14.9 Å². The summed E-state index contributed by atoms with van der Waals surface area (Å²) in [6.45, 7) is 7.35. The largest absolute Gasteiger partial charge is 0.491 e. The van der Waals surface area contributed by atoms with Crippen molar-refractivity contribution in [3.05, 3.63) is 77.9 Å². The molecule has 2 atom stereocenters. The van der Waals surface area contributed by atoms with Gasteiger partial charge in [-0.05, 0) is 69.5 Å². The third-order valence-corrected chi connectivity index (χ3v) is 7.10. The van der Waals surface area contributed by atoms with Crippen LogP contribution in [-0.4, -0.2) is 51.1 Å². The molecule has 3 aromatic rings. The molecule has 194 valence electrons. The second-order valence-corrected chi connectivity index (χ2v) is 10.1. The summed E-state index contributed by atoms with van der Waals surface area (Å²) in [5, 5.41) is 3.87. The Bertz CT molecular complexity index is 1280. The molecule has 0 radical (unpaired) electrons. The number of rotatable bonds is 7. The van der Waals surface area contributed by atoms with Gasteiger partial charge in [-0.25, -0.2) is 9.18 Å². The van der Waals surface area contributed by atoms with Gasteiger partial charge in [0, 0.05) is 30.9 Å². The summed E-state index contributed by atoms with van der Waals surface area (Å²) < 4.78 is 25.0. The van der Waals surface area contributed by atoms with E-state index < -0.39 is 17.4 Å². The summed E-state index contributed by atoms with van der Waals surface area (Å²) in [6.07, 6.45) is 2.34. The number of halogens is 1. The van der Waals surface area contributed by atoms with Gasteiger partial charge in [0.15, 0.2) is 0 Å². The molecule has 1 spiro atoms. The summed E-state index contributed by atoms with van der Waals surface area (Å²) in [4.78, 5) is 32.6. The molecule has 2 aliphatic rings. The minimum Gasteiger partial charge on any atom is -0.491 e. The van der Waals surface area contributed by atoms with E-state index in [1.165, 1.54) is 28.2 Å². The highest BCUT2D eigenvalue weighted by Gasteiger charge is 2.59. The molecule has 2 aromatic carbocycles. The van der Waals surface area contributed by atoms with E-state index in [1.807, 2.05) is 32.0 Å². The van der Waals surface area contributed by atoms with Gasteiger partial charge in [0.2, 0.25) is 0 Å². The highest BCUT2D eigenvalue weighted by molar-refractivity contribution is 6.16. The number of piperidine rings is 1. The average Bonchev–Trinajstić information content (AvgIpc) is 3.43. The van der Waals surface area contributed by atoms with Crippen molar-refractivity contribution in [1.82, 2.24) is 15.0 Å². The molecular weight excluding hydrogens is 475 g/mol. The van der Waals surface area contributed by atoms with Crippen molar-refractivity contribution in [1.29, 1.82) is 0 Å². The number of imide groups is 1. The third kappa shape index (κ3) is 4.83. The van der Waals surface area contributed by atoms with Crippen LogP contribution in [0, 0.1) is 5.82 Å². The first-order valence-electron chi connectivity index (χ1n) is 12.6. The lowest BCUT2D eigenvalue weighted by molar-refractivity contribution is -0.133. The van der Waals surface area contributed by atoms with Gasteiger partial charge < -0.3 is 9.26 Å². The number of likely N-dealkylation sites (tertiary alicyclic amines) is 1. The normalized spacial score (nSPS) is 22.5. The van der Waals surface area contributed by atoms with E-state index >= 15 is 0 Å². The van der Waals surface area contributed by atoms with Gasteiger partial charge in [0.1, 0.15) is 29.1 Å². The Morgan fingerprint density at radius 1 is 1.14 bits per heavy atom. The van der Waals surface area contributed by atoms with Gasteiger partial charge in [-0.15, -0.1) is 0 Å². The molecule has 3 heterocycles. The van der Waals surface area contributed by atoms with E-state index in [-0.39, 0.29) is 24.6 Å².